The molecule has 3 nitrogen and oxygen atoms in total. The van der Waals surface area contributed by atoms with Crippen LogP contribution in [0.3, 0.4) is 0 Å². The number of aliphatic hydroxyl groups is 3. The maximum atomic E-state index is 9.84. The van der Waals surface area contributed by atoms with Gasteiger partial charge in [0.1, 0.15) is 18.3 Å². The Hall–Kier alpha value is -2.66. The molecule has 178 valence electrons. The average Bonchev–Trinajstić information content (AvgIpc) is 2.82. The molecule has 0 aliphatic rings. The van der Waals surface area contributed by atoms with Crippen LogP contribution in [0.15, 0.2) is 36.5 Å². The number of allylic oxidation sites excluding steroid dienone is 3. The molecule has 0 rings (SSSR count). The molecule has 0 aromatic heterocycles. The highest BCUT2D eigenvalue weighted by molar-refractivity contribution is 5.14. The summed E-state index contributed by atoms with van der Waals surface area (Å²) in [5.74, 6) is 16.6. The van der Waals surface area contributed by atoms with Crippen molar-refractivity contribution in [2.75, 3.05) is 0 Å². The highest BCUT2D eigenvalue weighted by Crippen LogP contribution is 2.07. The van der Waals surface area contributed by atoms with Crippen LogP contribution in [0.1, 0.15) is 83.5 Å². The molecule has 0 amide bonds. The summed E-state index contributed by atoms with van der Waals surface area (Å²) in [6.45, 7) is 0. The van der Waals surface area contributed by atoms with Gasteiger partial charge in [-0.2, -0.15) is 0 Å². The van der Waals surface area contributed by atoms with Crippen LogP contribution in [-0.4, -0.2) is 33.6 Å². The molecule has 0 aromatic rings. The zero-order valence-corrected chi connectivity index (χ0v) is 19.9. The van der Waals surface area contributed by atoms with E-state index in [1.54, 1.807) is 18.2 Å². The van der Waals surface area contributed by atoms with E-state index in [1.165, 1.54) is 0 Å². The van der Waals surface area contributed by atoms with Crippen molar-refractivity contribution >= 4 is 0 Å². The van der Waals surface area contributed by atoms with Crippen molar-refractivity contribution < 1.29 is 15.3 Å². The fraction of sp³-hybridized carbons (Fsp3) is 0.533. The Morgan fingerprint density at radius 2 is 1.03 bits per heavy atom. The zero-order chi connectivity index (χ0) is 24.4. The minimum absolute atomic E-state index is 0.633. The van der Waals surface area contributed by atoms with Gasteiger partial charge in [0.25, 0.3) is 0 Å². The average molecular weight is 449 g/mol. The van der Waals surface area contributed by atoms with Crippen LogP contribution in [0.25, 0.3) is 0 Å². The largest absolute Gasteiger partial charge is 0.377 e. The Kier molecular flexibility index (Phi) is 22.1. The minimum Gasteiger partial charge on any atom is -0.377 e. The van der Waals surface area contributed by atoms with Gasteiger partial charge in [-0.3, -0.25) is 0 Å². The number of hydrogen-bond donors (Lipinski definition) is 3. The third-order valence-electron chi connectivity index (χ3n) is 4.74. The van der Waals surface area contributed by atoms with Crippen LogP contribution in [0, 0.1) is 48.4 Å². The Labute approximate surface area is 202 Å². The number of unbranched alkanes of at least 4 members (excludes halogenated alkanes) is 10. The lowest BCUT2D eigenvalue weighted by Crippen LogP contribution is -1.96. The SMILES string of the molecule is C#C[C@@H](O)/C=C/CCCCCCC#CC/C=C\[C@H](O)C#CCCCCCC/C=C/[C@H](O)C#C. The lowest BCUT2D eigenvalue weighted by molar-refractivity contribution is 0.280. The maximum absolute atomic E-state index is 9.84. The molecule has 0 bridgehead atoms. The number of terminal acetylenes is 2. The van der Waals surface area contributed by atoms with Gasteiger partial charge in [0.15, 0.2) is 0 Å². The highest BCUT2D eigenvalue weighted by atomic mass is 16.3. The van der Waals surface area contributed by atoms with Gasteiger partial charge in [0.2, 0.25) is 0 Å². The molecule has 0 heterocycles. The summed E-state index contributed by atoms with van der Waals surface area (Å²) >= 11 is 0. The van der Waals surface area contributed by atoms with Gasteiger partial charge in [-0.15, -0.1) is 24.7 Å². The first kappa shape index (κ1) is 30.3. The van der Waals surface area contributed by atoms with Crippen molar-refractivity contribution in [2.24, 2.45) is 0 Å². The molecule has 0 aromatic carbocycles. The third kappa shape index (κ3) is 23.8. The first-order valence-corrected chi connectivity index (χ1v) is 12.0. The van der Waals surface area contributed by atoms with Crippen molar-refractivity contribution in [3.8, 4) is 48.4 Å². The molecule has 0 spiro atoms. The molecule has 0 radical (unpaired) electrons. The Bertz CT molecular complexity index is 768. The molecular formula is C30H40O3. The molecule has 0 saturated heterocycles. The van der Waals surface area contributed by atoms with E-state index in [0.29, 0.717) is 6.42 Å². The summed E-state index contributed by atoms with van der Waals surface area (Å²) in [5, 5.41) is 28.2. The fourth-order valence-corrected chi connectivity index (χ4v) is 2.86. The normalized spacial score (nSPS) is 13.6. The predicted molar refractivity (Wildman–Crippen MR) is 139 cm³/mol. The molecule has 0 fully saturated rings. The molecule has 0 aliphatic heterocycles. The van der Waals surface area contributed by atoms with Crippen molar-refractivity contribution in [3.05, 3.63) is 36.5 Å². The standard InChI is InChI=1S/C30H40O3/c1-3-28(31)24-20-16-12-8-6-5-7-9-14-18-22-26-30(33)27-23-19-15-11-10-13-17-21-25-29(32)4-2/h1-2,20-22,24-26,28-33H,5-8,10-13,15-19H2/b24-20+,25-21+,26-22-/t28-,29-,30+/m1/s1. The second kappa shape index (κ2) is 24.0. The molecule has 3 heteroatoms. The van der Waals surface area contributed by atoms with E-state index >= 15 is 0 Å². The molecule has 3 N–H and O–H groups in total. The van der Waals surface area contributed by atoms with Crippen LogP contribution in [0.5, 0.6) is 0 Å². The Morgan fingerprint density at radius 3 is 1.58 bits per heavy atom. The maximum Gasteiger partial charge on any atom is 0.133 e. The number of hydrogen-bond acceptors (Lipinski definition) is 3. The number of rotatable bonds is 16. The zero-order valence-electron chi connectivity index (χ0n) is 19.9. The van der Waals surface area contributed by atoms with Crippen LogP contribution in [-0.2, 0) is 0 Å². The first-order valence-electron chi connectivity index (χ1n) is 12.0. The van der Waals surface area contributed by atoms with Crippen LogP contribution < -0.4 is 0 Å². The molecular weight excluding hydrogens is 408 g/mol. The quantitative estimate of drug-likeness (QED) is 0.175. The lowest BCUT2D eigenvalue weighted by atomic mass is 10.1. The van der Waals surface area contributed by atoms with Gasteiger partial charge in [-0.05, 0) is 56.8 Å². The molecule has 33 heavy (non-hydrogen) atoms. The van der Waals surface area contributed by atoms with Gasteiger partial charge in [0.05, 0.1) is 0 Å². The topological polar surface area (TPSA) is 60.7 Å². The summed E-state index contributed by atoms with van der Waals surface area (Å²) in [7, 11) is 0. The smallest absolute Gasteiger partial charge is 0.133 e. The van der Waals surface area contributed by atoms with Crippen LogP contribution in [0.4, 0.5) is 0 Å². The predicted octanol–water partition coefficient (Wildman–Crippen LogP) is 5.08. The van der Waals surface area contributed by atoms with Gasteiger partial charge < -0.3 is 15.3 Å². The van der Waals surface area contributed by atoms with E-state index in [2.05, 4.69) is 35.5 Å². The van der Waals surface area contributed by atoms with Crippen LogP contribution in [0.2, 0.25) is 0 Å². The Morgan fingerprint density at radius 1 is 0.545 bits per heavy atom. The van der Waals surface area contributed by atoms with Gasteiger partial charge >= 0.3 is 0 Å². The van der Waals surface area contributed by atoms with E-state index < -0.39 is 18.3 Å². The van der Waals surface area contributed by atoms with Crippen LogP contribution >= 0.6 is 0 Å². The highest BCUT2D eigenvalue weighted by Gasteiger charge is 1.92. The minimum atomic E-state index is -0.773. The summed E-state index contributed by atoms with van der Waals surface area (Å²) in [6.07, 6.45) is 31.6. The lowest BCUT2D eigenvalue weighted by Gasteiger charge is -1.97. The molecule has 3 atom stereocenters. The monoisotopic (exact) mass is 448 g/mol. The van der Waals surface area contributed by atoms with E-state index in [0.717, 1.165) is 77.0 Å². The summed E-state index contributed by atoms with van der Waals surface area (Å²) in [5.41, 5.74) is 0. The summed E-state index contributed by atoms with van der Waals surface area (Å²) in [6, 6.07) is 0. The van der Waals surface area contributed by atoms with Crippen molar-refractivity contribution in [2.45, 2.75) is 102 Å². The third-order valence-corrected chi connectivity index (χ3v) is 4.74. The fourth-order valence-electron chi connectivity index (χ4n) is 2.86. The molecule has 0 unspecified atom stereocenters. The van der Waals surface area contributed by atoms with Gasteiger partial charge in [-0.1, -0.05) is 67.6 Å². The first-order chi connectivity index (χ1) is 16.1. The Balaban J connectivity index is 3.62. The summed E-state index contributed by atoms with van der Waals surface area (Å²) < 4.78 is 0. The van der Waals surface area contributed by atoms with Gasteiger partial charge in [-0.25, -0.2) is 0 Å². The van der Waals surface area contributed by atoms with Crippen molar-refractivity contribution in [1.82, 2.24) is 0 Å². The molecule has 0 aliphatic carbocycles. The number of aliphatic hydroxyl groups excluding tert-OH is 3. The van der Waals surface area contributed by atoms with E-state index in [-0.39, 0.29) is 0 Å². The summed E-state index contributed by atoms with van der Waals surface area (Å²) in [4.78, 5) is 0. The van der Waals surface area contributed by atoms with E-state index in [9.17, 15) is 15.3 Å². The molecule has 0 saturated carbocycles. The van der Waals surface area contributed by atoms with Crippen molar-refractivity contribution in [3.63, 3.8) is 0 Å². The van der Waals surface area contributed by atoms with E-state index in [1.807, 2.05) is 18.2 Å². The van der Waals surface area contributed by atoms with E-state index in [4.69, 9.17) is 12.8 Å². The second-order valence-corrected chi connectivity index (χ2v) is 7.74. The van der Waals surface area contributed by atoms with Gasteiger partial charge in [0, 0.05) is 19.3 Å². The van der Waals surface area contributed by atoms with Crippen molar-refractivity contribution in [1.29, 1.82) is 0 Å². The second-order valence-electron chi connectivity index (χ2n) is 7.74.